The number of hydrogen-bond acceptors (Lipinski definition) is 3. The average molecular weight is 391 g/mol. The number of carbonyl (C=O) groups is 1. The maximum atomic E-state index is 12.9. The minimum atomic E-state index is -0.269. The molecule has 0 aromatic heterocycles. The average Bonchev–Trinajstić information content (AvgIpc) is 3.12. The maximum absolute atomic E-state index is 12.9. The highest BCUT2D eigenvalue weighted by Crippen LogP contribution is 2.30. The Balaban J connectivity index is 0.00000210. The van der Waals surface area contributed by atoms with Gasteiger partial charge in [0.2, 0.25) is 5.91 Å². The zero-order chi connectivity index (χ0) is 17.9. The second-order valence-electron chi connectivity index (χ2n) is 7.15. The lowest BCUT2D eigenvalue weighted by atomic mass is 9.85. The molecule has 27 heavy (non-hydrogen) atoms. The van der Waals surface area contributed by atoms with Crippen LogP contribution in [0.4, 0.5) is 4.39 Å². The van der Waals surface area contributed by atoms with E-state index in [1.54, 1.807) is 12.1 Å². The number of carbonyl (C=O) groups excluding carboxylic acids is 1. The van der Waals surface area contributed by atoms with E-state index in [2.05, 4.69) is 22.8 Å². The summed E-state index contributed by atoms with van der Waals surface area (Å²) in [5.41, 5.74) is 1.21. The molecule has 0 unspecified atom stereocenters. The molecule has 4 nitrogen and oxygen atoms in total. The fourth-order valence-corrected chi connectivity index (χ4v) is 3.80. The third kappa shape index (κ3) is 4.60. The number of halogens is 2. The first-order valence-electron chi connectivity index (χ1n) is 9.17. The van der Waals surface area contributed by atoms with Crippen molar-refractivity contribution in [1.82, 2.24) is 10.6 Å². The molecule has 2 atom stereocenters. The van der Waals surface area contributed by atoms with Crippen LogP contribution in [-0.2, 0) is 4.79 Å². The second kappa shape index (κ2) is 8.72. The SMILES string of the molecule is Cl.O=C(N[C@H]1C[C@H](Oc2ccc(F)cc2)C1)[C@H]1CNC[C@@H]1c1ccccc1. The van der Waals surface area contributed by atoms with E-state index in [1.807, 2.05) is 18.2 Å². The summed E-state index contributed by atoms with van der Waals surface area (Å²) in [7, 11) is 0. The van der Waals surface area contributed by atoms with Crippen LogP contribution in [-0.4, -0.2) is 31.1 Å². The van der Waals surface area contributed by atoms with Gasteiger partial charge in [-0.25, -0.2) is 4.39 Å². The molecule has 1 aliphatic heterocycles. The molecule has 2 aromatic rings. The molecule has 1 saturated heterocycles. The smallest absolute Gasteiger partial charge is 0.225 e. The van der Waals surface area contributed by atoms with E-state index in [0.29, 0.717) is 12.3 Å². The molecular formula is C21H24ClFN2O2. The van der Waals surface area contributed by atoms with Crippen molar-refractivity contribution < 1.29 is 13.9 Å². The summed E-state index contributed by atoms with van der Waals surface area (Å²) in [6.07, 6.45) is 1.66. The zero-order valence-electron chi connectivity index (χ0n) is 14.9. The minimum absolute atomic E-state index is 0. The van der Waals surface area contributed by atoms with Gasteiger partial charge in [-0.1, -0.05) is 30.3 Å². The zero-order valence-corrected chi connectivity index (χ0v) is 15.8. The first-order chi connectivity index (χ1) is 12.7. The summed E-state index contributed by atoms with van der Waals surface area (Å²) in [6, 6.07) is 16.4. The van der Waals surface area contributed by atoms with Crippen molar-refractivity contribution in [1.29, 1.82) is 0 Å². The Labute approximate surface area is 164 Å². The van der Waals surface area contributed by atoms with Gasteiger partial charge < -0.3 is 15.4 Å². The number of nitrogens with one attached hydrogen (secondary N) is 2. The summed E-state index contributed by atoms with van der Waals surface area (Å²) in [5, 5.41) is 6.50. The molecule has 2 aliphatic rings. The van der Waals surface area contributed by atoms with Crippen molar-refractivity contribution in [2.45, 2.75) is 30.9 Å². The molecule has 2 N–H and O–H groups in total. The van der Waals surface area contributed by atoms with Gasteiger partial charge in [-0.2, -0.15) is 0 Å². The van der Waals surface area contributed by atoms with E-state index in [0.717, 1.165) is 19.4 Å². The first-order valence-corrected chi connectivity index (χ1v) is 9.17. The molecule has 1 amide bonds. The molecule has 144 valence electrons. The van der Waals surface area contributed by atoms with Gasteiger partial charge in [0.1, 0.15) is 17.7 Å². The largest absolute Gasteiger partial charge is 0.490 e. The van der Waals surface area contributed by atoms with Crippen molar-refractivity contribution in [2.24, 2.45) is 5.92 Å². The summed E-state index contributed by atoms with van der Waals surface area (Å²) in [5.74, 6) is 0.714. The van der Waals surface area contributed by atoms with Crippen molar-refractivity contribution in [3.63, 3.8) is 0 Å². The number of hydrogen-bond donors (Lipinski definition) is 2. The van der Waals surface area contributed by atoms with E-state index in [1.165, 1.54) is 17.7 Å². The predicted molar refractivity (Wildman–Crippen MR) is 105 cm³/mol. The van der Waals surface area contributed by atoms with E-state index in [4.69, 9.17) is 4.74 Å². The van der Waals surface area contributed by atoms with E-state index >= 15 is 0 Å². The quantitative estimate of drug-likeness (QED) is 0.823. The van der Waals surface area contributed by atoms with Crippen LogP contribution in [0.3, 0.4) is 0 Å². The van der Waals surface area contributed by atoms with Crippen LogP contribution in [0.2, 0.25) is 0 Å². The molecule has 1 aliphatic carbocycles. The van der Waals surface area contributed by atoms with Gasteiger partial charge in [-0.05, 0) is 29.8 Å². The monoisotopic (exact) mass is 390 g/mol. The summed E-state index contributed by atoms with van der Waals surface area (Å²) in [6.45, 7) is 1.55. The number of ether oxygens (including phenoxy) is 1. The Bertz CT molecular complexity index is 751. The van der Waals surface area contributed by atoms with Crippen LogP contribution in [0.25, 0.3) is 0 Å². The van der Waals surface area contributed by atoms with Crippen LogP contribution in [0.1, 0.15) is 24.3 Å². The third-order valence-corrected chi connectivity index (χ3v) is 5.34. The standard InChI is InChI=1S/C21H23FN2O2.ClH/c22-15-6-8-17(9-7-15)26-18-10-16(11-18)24-21(25)20-13-23-12-19(20)14-4-2-1-3-5-14;/h1-9,16,18-20,23H,10-13H2,(H,24,25);1H/t16-,18-,19-,20+;/m1./s1. The van der Waals surface area contributed by atoms with E-state index in [9.17, 15) is 9.18 Å². The lowest BCUT2D eigenvalue weighted by Crippen LogP contribution is -2.51. The van der Waals surface area contributed by atoms with Crippen LogP contribution in [0.15, 0.2) is 54.6 Å². The lowest BCUT2D eigenvalue weighted by molar-refractivity contribution is -0.126. The Morgan fingerprint density at radius 3 is 2.44 bits per heavy atom. The highest BCUT2D eigenvalue weighted by Gasteiger charge is 2.38. The van der Waals surface area contributed by atoms with Gasteiger partial charge in [0.05, 0.1) is 5.92 Å². The summed E-state index contributed by atoms with van der Waals surface area (Å²) in [4.78, 5) is 12.7. The predicted octanol–water partition coefficient (Wildman–Crippen LogP) is 3.28. The second-order valence-corrected chi connectivity index (χ2v) is 7.15. The fraction of sp³-hybridized carbons (Fsp3) is 0.381. The van der Waals surface area contributed by atoms with E-state index in [-0.39, 0.29) is 48.1 Å². The fourth-order valence-electron chi connectivity index (χ4n) is 3.80. The Morgan fingerprint density at radius 1 is 1.04 bits per heavy atom. The van der Waals surface area contributed by atoms with Crippen LogP contribution in [0, 0.1) is 11.7 Å². The van der Waals surface area contributed by atoms with Crippen LogP contribution in [0.5, 0.6) is 5.75 Å². The molecule has 6 heteroatoms. The van der Waals surface area contributed by atoms with Crippen molar-refractivity contribution >= 4 is 18.3 Å². The molecule has 1 heterocycles. The highest BCUT2D eigenvalue weighted by molar-refractivity contribution is 5.85. The lowest BCUT2D eigenvalue weighted by Gasteiger charge is -2.36. The van der Waals surface area contributed by atoms with Crippen molar-refractivity contribution in [2.75, 3.05) is 13.1 Å². The first kappa shape index (κ1) is 19.6. The minimum Gasteiger partial charge on any atom is -0.490 e. The third-order valence-electron chi connectivity index (χ3n) is 5.34. The molecule has 2 aromatic carbocycles. The van der Waals surface area contributed by atoms with Gasteiger partial charge in [0.25, 0.3) is 0 Å². The number of benzene rings is 2. The molecular weight excluding hydrogens is 367 g/mol. The van der Waals surface area contributed by atoms with Gasteiger partial charge in [0.15, 0.2) is 0 Å². The van der Waals surface area contributed by atoms with Crippen molar-refractivity contribution in [3.8, 4) is 5.75 Å². The molecule has 1 saturated carbocycles. The molecule has 0 radical (unpaired) electrons. The molecule has 2 fully saturated rings. The van der Waals surface area contributed by atoms with Gasteiger partial charge in [-0.15, -0.1) is 12.4 Å². The van der Waals surface area contributed by atoms with Crippen LogP contribution < -0.4 is 15.4 Å². The van der Waals surface area contributed by atoms with Gasteiger partial charge >= 0.3 is 0 Å². The molecule has 0 spiro atoms. The number of amides is 1. The summed E-state index contributed by atoms with van der Waals surface area (Å²) < 4.78 is 18.7. The van der Waals surface area contributed by atoms with E-state index < -0.39 is 0 Å². The highest BCUT2D eigenvalue weighted by atomic mass is 35.5. The number of rotatable bonds is 5. The van der Waals surface area contributed by atoms with Crippen molar-refractivity contribution in [3.05, 3.63) is 66.0 Å². The molecule has 0 bridgehead atoms. The Kier molecular flexibility index (Phi) is 6.34. The van der Waals surface area contributed by atoms with Crippen LogP contribution >= 0.6 is 12.4 Å². The van der Waals surface area contributed by atoms with Gasteiger partial charge in [-0.3, -0.25) is 4.79 Å². The summed E-state index contributed by atoms with van der Waals surface area (Å²) >= 11 is 0. The Morgan fingerprint density at radius 2 is 1.74 bits per heavy atom. The normalized spacial score (nSPS) is 26.6. The van der Waals surface area contributed by atoms with Gasteiger partial charge in [0, 0.05) is 37.9 Å². The Hall–Kier alpha value is -2.11. The maximum Gasteiger partial charge on any atom is 0.225 e. The topological polar surface area (TPSA) is 50.4 Å². The molecule has 4 rings (SSSR count).